The third kappa shape index (κ3) is 4.02. The number of hydrogen-bond donors (Lipinski definition) is 3. The highest BCUT2D eigenvalue weighted by Gasteiger charge is 2.23. The summed E-state index contributed by atoms with van der Waals surface area (Å²) in [6.45, 7) is 4.27. The molecule has 1 aromatic carbocycles. The summed E-state index contributed by atoms with van der Waals surface area (Å²) in [7, 11) is 0. The lowest BCUT2D eigenvalue weighted by Crippen LogP contribution is -2.40. The zero-order valence-electron chi connectivity index (χ0n) is 14.8. The first kappa shape index (κ1) is 17.5. The molecule has 6 nitrogen and oxygen atoms in total. The first-order valence-corrected chi connectivity index (χ1v) is 8.89. The maximum absolute atomic E-state index is 12.4. The third-order valence-electron chi connectivity index (χ3n) is 4.84. The molecule has 0 unspecified atom stereocenters. The molecule has 25 heavy (non-hydrogen) atoms. The number of amides is 1. The zero-order valence-corrected chi connectivity index (χ0v) is 14.8. The van der Waals surface area contributed by atoms with E-state index in [1.165, 1.54) is 16.4 Å². The van der Waals surface area contributed by atoms with Crippen molar-refractivity contribution in [2.45, 2.75) is 57.5 Å². The maximum atomic E-state index is 12.4. The monoisotopic (exact) mass is 342 g/mol. The summed E-state index contributed by atoms with van der Waals surface area (Å²) < 4.78 is 1.53. The van der Waals surface area contributed by atoms with Crippen molar-refractivity contribution in [3.8, 4) is 11.4 Å². The SMILES string of the molecule is CC(C)c1ccc(-n2cc(O)c(C(=O)NC3CCC(N)CC3)n2)cc1. The van der Waals surface area contributed by atoms with Gasteiger partial charge >= 0.3 is 0 Å². The number of nitrogens with two attached hydrogens (primary N) is 1. The summed E-state index contributed by atoms with van der Waals surface area (Å²) in [5.41, 5.74) is 7.99. The molecule has 4 N–H and O–H groups in total. The van der Waals surface area contributed by atoms with E-state index in [-0.39, 0.29) is 29.4 Å². The van der Waals surface area contributed by atoms with Gasteiger partial charge in [-0.1, -0.05) is 26.0 Å². The second-order valence-corrected chi connectivity index (χ2v) is 7.14. The molecule has 3 rings (SSSR count). The van der Waals surface area contributed by atoms with Crippen molar-refractivity contribution in [2.75, 3.05) is 0 Å². The van der Waals surface area contributed by atoms with Crippen LogP contribution in [0.1, 0.15) is 61.5 Å². The molecule has 1 aliphatic rings. The molecule has 1 aromatic heterocycles. The average molecular weight is 342 g/mol. The van der Waals surface area contributed by atoms with Crippen LogP contribution in [0.3, 0.4) is 0 Å². The number of rotatable bonds is 4. The molecule has 0 radical (unpaired) electrons. The summed E-state index contributed by atoms with van der Waals surface area (Å²) in [6, 6.07) is 8.27. The van der Waals surface area contributed by atoms with Crippen LogP contribution < -0.4 is 11.1 Å². The molecular formula is C19H26N4O2. The van der Waals surface area contributed by atoms with Crippen LogP contribution in [-0.2, 0) is 0 Å². The van der Waals surface area contributed by atoms with Gasteiger partial charge < -0.3 is 16.2 Å². The third-order valence-corrected chi connectivity index (χ3v) is 4.84. The van der Waals surface area contributed by atoms with E-state index in [1.54, 1.807) is 0 Å². The van der Waals surface area contributed by atoms with Crippen molar-refractivity contribution in [2.24, 2.45) is 5.73 Å². The fourth-order valence-electron chi connectivity index (χ4n) is 3.19. The number of aromatic hydroxyl groups is 1. The molecule has 0 atom stereocenters. The van der Waals surface area contributed by atoms with E-state index < -0.39 is 0 Å². The van der Waals surface area contributed by atoms with Crippen LogP contribution in [0.15, 0.2) is 30.5 Å². The molecule has 0 saturated heterocycles. The number of benzene rings is 1. The largest absolute Gasteiger partial charge is 0.504 e. The quantitative estimate of drug-likeness (QED) is 0.796. The Bertz CT molecular complexity index is 728. The van der Waals surface area contributed by atoms with E-state index in [0.717, 1.165) is 31.4 Å². The summed E-state index contributed by atoms with van der Waals surface area (Å²) in [5.74, 6) is -0.00139. The van der Waals surface area contributed by atoms with Gasteiger partial charge in [0.1, 0.15) is 0 Å². The molecular weight excluding hydrogens is 316 g/mol. The smallest absolute Gasteiger partial charge is 0.275 e. The van der Waals surface area contributed by atoms with Crippen molar-refractivity contribution < 1.29 is 9.90 Å². The van der Waals surface area contributed by atoms with Gasteiger partial charge in [-0.3, -0.25) is 4.79 Å². The first-order chi connectivity index (χ1) is 11.9. The van der Waals surface area contributed by atoms with Gasteiger partial charge in [-0.05, 0) is 49.3 Å². The number of aromatic nitrogens is 2. The van der Waals surface area contributed by atoms with E-state index >= 15 is 0 Å². The maximum Gasteiger partial charge on any atom is 0.275 e. The van der Waals surface area contributed by atoms with E-state index in [0.29, 0.717) is 5.92 Å². The lowest BCUT2D eigenvalue weighted by atomic mass is 9.92. The molecule has 6 heteroatoms. The standard InChI is InChI=1S/C19H26N4O2/c1-12(2)13-3-9-16(10-4-13)23-11-17(24)18(22-23)19(25)21-15-7-5-14(20)6-8-15/h3-4,9-12,14-15,24H,5-8,20H2,1-2H3,(H,21,25). The van der Waals surface area contributed by atoms with E-state index in [4.69, 9.17) is 5.73 Å². The summed E-state index contributed by atoms with van der Waals surface area (Å²) in [4.78, 5) is 12.4. The molecule has 1 aliphatic carbocycles. The van der Waals surface area contributed by atoms with Crippen LogP contribution in [0.25, 0.3) is 5.69 Å². The van der Waals surface area contributed by atoms with Crippen LogP contribution in [0.5, 0.6) is 5.75 Å². The Labute approximate surface area is 148 Å². The molecule has 1 amide bonds. The van der Waals surface area contributed by atoms with Crippen LogP contribution in [-0.4, -0.2) is 32.9 Å². The Morgan fingerprint density at radius 2 is 1.88 bits per heavy atom. The molecule has 2 aromatic rings. The van der Waals surface area contributed by atoms with Crippen LogP contribution >= 0.6 is 0 Å². The van der Waals surface area contributed by atoms with Crippen LogP contribution in [0, 0.1) is 0 Å². The average Bonchev–Trinajstić information content (AvgIpc) is 2.99. The Morgan fingerprint density at radius 1 is 1.24 bits per heavy atom. The van der Waals surface area contributed by atoms with Crippen LogP contribution in [0.2, 0.25) is 0 Å². The minimum absolute atomic E-state index is 0.0582. The van der Waals surface area contributed by atoms with Gasteiger partial charge in [0, 0.05) is 12.1 Å². The molecule has 1 saturated carbocycles. The molecule has 0 spiro atoms. The number of hydrogen-bond acceptors (Lipinski definition) is 4. The number of nitrogens with zero attached hydrogens (tertiary/aromatic N) is 2. The Hall–Kier alpha value is -2.34. The molecule has 134 valence electrons. The van der Waals surface area contributed by atoms with Gasteiger partial charge in [-0.15, -0.1) is 0 Å². The fourth-order valence-corrected chi connectivity index (χ4v) is 3.19. The highest BCUT2D eigenvalue weighted by Crippen LogP contribution is 2.22. The first-order valence-electron chi connectivity index (χ1n) is 8.89. The summed E-state index contributed by atoms with van der Waals surface area (Å²) in [6.07, 6.45) is 5.02. The highest BCUT2D eigenvalue weighted by atomic mass is 16.3. The molecule has 1 heterocycles. The van der Waals surface area contributed by atoms with Gasteiger partial charge in [0.2, 0.25) is 0 Å². The lowest BCUT2D eigenvalue weighted by molar-refractivity contribution is 0.0917. The van der Waals surface area contributed by atoms with Crippen LogP contribution in [0.4, 0.5) is 0 Å². The second-order valence-electron chi connectivity index (χ2n) is 7.14. The minimum Gasteiger partial charge on any atom is -0.504 e. The molecule has 0 aliphatic heterocycles. The Kier molecular flexibility index (Phi) is 5.08. The van der Waals surface area contributed by atoms with Crippen molar-refractivity contribution in [1.29, 1.82) is 0 Å². The highest BCUT2D eigenvalue weighted by molar-refractivity contribution is 5.95. The Balaban J connectivity index is 1.72. The van der Waals surface area contributed by atoms with Gasteiger partial charge in [-0.2, -0.15) is 5.10 Å². The van der Waals surface area contributed by atoms with E-state index in [9.17, 15) is 9.90 Å². The Morgan fingerprint density at radius 3 is 2.48 bits per heavy atom. The second kappa shape index (κ2) is 7.27. The summed E-state index contributed by atoms with van der Waals surface area (Å²) in [5, 5.41) is 17.3. The van der Waals surface area contributed by atoms with Crippen molar-refractivity contribution in [3.05, 3.63) is 41.7 Å². The topological polar surface area (TPSA) is 93.2 Å². The molecule has 0 bridgehead atoms. The van der Waals surface area contributed by atoms with Crippen molar-refractivity contribution in [1.82, 2.24) is 15.1 Å². The normalized spacial score (nSPS) is 20.6. The lowest BCUT2D eigenvalue weighted by Gasteiger charge is -2.26. The number of nitrogens with one attached hydrogen (secondary N) is 1. The van der Waals surface area contributed by atoms with Gasteiger partial charge in [0.05, 0.1) is 11.9 Å². The number of carbonyl (C=O) groups excluding carboxylic acids is 1. The van der Waals surface area contributed by atoms with Gasteiger partial charge in [0.25, 0.3) is 5.91 Å². The van der Waals surface area contributed by atoms with Crippen molar-refractivity contribution >= 4 is 5.91 Å². The summed E-state index contributed by atoms with van der Waals surface area (Å²) >= 11 is 0. The fraction of sp³-hybridized carbons (Fsp3) is 0.474. The predicted molar refractivity (Wildman–Crippen MR) is 97.0 cm³/mol. The van der Waals surface area contributed by atoms with E-state index in [1.807, 2.05) is 24.3 Å². The van der Waals surface area contributed by atoms with Gasteiger partial charge in [0.15, 0.2) is 11.4 Å². The van der Waals surface area contributed by atoms with E-state index in [2.05, 4.69) is 24.3 Å². The predicted octanol–water partition coefficient (Wildman–Crippen LogP) is 2.70. The minimum atomic E-state index is -0.337. The van der Waals surface area contributed by atoms with Crippen molar-refractivity contribution in [3.63, 3.8) is 0 Å². The van der Waals surface area contributed by atoms with Gasteiger partial charge in [-0.25, -0.2) is 4.68 Å². The zero-order chi connectivity index (χ0) is 18.0. The molecule has 1 fully saturated rings. The number of carbonyl (C=O) groups is 1.